The van der Waals surface area contributed by atoms with Crippen LogP contribution in [0.25, 0.3) is 0 Å². The zero-order chi connectivity index (χ0) is 9.84. The maximum absolute atomic E-state index is 11.4. The predicted molar refractivity (Wildman–Crippen MR) is 51.4 cm³/mol. The van der Waals surface area contributed by atoms with Crippen LogP contribution in [0.3, 0.4) is 0 Å². The van der Waals surface area contributed by atoms with E-state index in [0.717, 1.165) is 0 Å². The van der Waals surface area contributed by atoms with Gasteiger partial charge < -0.3 is 9.47 Å². The summed E-state index contributed by atoms with van der Waals surface area (Å²) in [5.74, 6) is 0.262. The zero-order valence-electron chi connectivity index (χ0n) is 7.87. The van der Waals surface area contributed by atoms with Crippen molar-refractivity contribution in [1.82, 2.24) is 0 Å². The van der Waals surface area contributed by atoms with E-state index >= 15 is 0 Å². The van der Waals surface area contributed by atoms with Crippen LogP contribution < -0.4 is 4.74 Å². The van der Waals surface area contributed by atoms with Gasteiger partial charge in [-0.05, 0) is 25.3 Å². The van der Waals surface area contributed by atoms with Crippen LogP contribution in [0.2, 0.25) is 0 Å². The Hall–Kier alpha value is -1.03. The minimum atomic E-state index is -0.318. The van der Waals surface area contributed by atoms with Crippen LogP contribution >= 0.6 is 11.3 Å². The molecule has 0 saturated heterocycles. The normalized spacial score (nSPS) is 10.2. The van der Waals surface area contributed by atoms with E-state index in [9.17, 15) is 4.79 Å². The molecule has 0 spiro atoms. The van der Waals surface area contributed by atoms with Gasteiger partial charge in [0.15, 0.2) is 4.88 Å². The molecule has 4 heteroatoms. The number of methoxy groups -OCH3 is 1. The monoisotopic (exact) mass is 200 g/mol. The summed E-state index contributed by atoms with van der Waals surface area (Å²) in [5.41, 5.74) is 0. The Labute approximate surface area is 81.3 Å². The maximum atomic E-state index is 11.4. The first-order valence-corrected chi connectivity index (χ1v) is 4.85. The van der Waals surface area contributed by atoms with Crippen molar-refractivity contribution in [2.24, 2.45) is 0 Å². The number of hydrogen-bond acceptors (Lipinski definition) is 4. The van der Waals surface area contributed by atoms with Gasteiger partial charge in [-0.1, -0.05) is 0 Å². The van der Waals surface area contributed by atoms with Gasteiger partial charge in [-0.15, -0.1) is 11.3 Å². The Bertz CT molecular complexity index is 291. The Morgan fingerprint density at radius 3 is 2.77 bits per heavy atom. The number of thiophene rings is 1. The first-order valence-electron chi connectivity index (χ1n) is 3.97. The highest BCUT2D eigenvalue weighted by atomic mass is 32.1. The Kier molecular flexibility index (Phi) is 3.31. The summed E-state index contributed by atoms with van der Waals surface area (Å²) in [6.45, 7) is 3.63. The molecule has 0 fully saturated rings. The lowest BCUT2D eigenvalue weighted by Gasteiger charge is -2.07. The molecule has 3 nitrogen and oxygen atoms in total. The highest BCUT2D eigenvalue weighted by molar-refractivity contribution is 7.12. The molecule has 0 unspecified atom stereocenters. The summed E-state index contributed by atoms with van der Waals surface area (Å²) in [6, 6.07) is 1.75. The molecule has 0 aromatic carbocycles. The summed E-state index contributed by atoms with van der Waals surface area (Å²) in [6.07, 6.45) is -0.0979. The van der Waals surface area contributed by atoms with Gasteiger partial charge in [-0.2, -0.15) is 0 Å². The van der Waals surface area contributed by atoms with E-state index < -0.39 is 0 Å². The minimum Gasteiger partial charge on any atom is -0.495 e. The average molecular weight is 200 g/mol. The highest BCUT2D eigenvalue weighted by Gasteiger charge is 2.15. The predicted octanol–water partition coefficient (Wildman–Crippen LogP) is 2.32. The molecule has 1 aromatic rings. The van der Waals surface area contributed by atoms with Crippen LogP contribution in [0.5, 0.6) is 5.75 Å². The topological polar surface area (TPSA) is 35.5 Å². The fourth-order valence-electron chi connectivity index (χ4n) is 0.875. The van der Waals surface area contributed by atoms with Gasteiger partial charge >= 0.3 is 5.97 Å². The second-order valence-electron chi connectivity index (χ2n) is 2.77. The second kappa shape index (κ2) is 4.28. The molecule has 72 valence electrons. The van der Waals surface area contributed by atoms with Crippen molar-refractivity contribution >= 4 is 17.3 Å². The van der Waals surface area contributed by atoms with Crippen molar-refractivity contribution in [3.05, 3.63) is 16.3 Å². The lowest BCUT2D eigenvalue weighted by Crippen LogP contribution is -2.10. The first-order chi connectivity index (χ1) is 6.15. The number of esters is 1. The third kappa shape index (κ3) is 2.45. The zero-order valence-corrected chi connectivity index (χ0v) is 8.68. The second-order valence-corrected chi connectivity index (χ2v) is 3.69. The fourth-order valence-corrected chi connectivity index (χ4v) is 1.61. The number of hydrogen-bond donors (Lipinski definition) is 0. The van der Waals surface area contributed by atoms with E-state index in [1.165, 1.54) is 18.4 Å². The molecular formula is C9H12O3S. The van der Waals surface area contributed by atoms with Crippen LogP contribution in [0, 0.1) is 0 Å². The Morgan fingerprint density at radius 1 is 1.54 bits per heavy atom. The third-order valence-electron chi connectivity index (χ3n) is 1.38. The molecule has 0 aliphatic carbocycles. The van der Waals surface area contributed by atoms with Gasteiger partial charge in [0.2, 0.25) is 0 Å². The molecule has 0 atom stereocenters. The molecule has 1 aromatic heterocycles. The lowest BCUT2D eigenvalue weighted by atomic mass is 10.4. The summed E-state index contributed by atoms with van der Waals surface area (Å²) < 4.78 is 10.0. The van der Waals surface area contributed by atoms with E-state index in [1.54, 1.807) is 11.4 Å². The highest BCUT2D eigenvalue weighted by Crippen LogP contribution is 2.25. The molecule has 0 saturated carbocycles. The average Bonchev–Trinajstić information content (AvgIpc) is 2.49. The van der Waals surface area contributed by atoms with E-state index in [0.29, 0.717) is 10.6 Å². The molecule has 1 heterocycles. The molecule has 1 rings (SSSR count). The molecule has 13 heavy (non-hydrogen) atoms. The van der Waals surface area contributed by atoms with Gasteiger partial charge in [-0.25, -0.2) is 4.79 Å². The first kappa shape index (κ1) is 10.1. The SMILES string of the molecule is COc1ccsc1C(=O)OC(C)C. The van der Waals surface area contributed by atoms with E-state index in [4.69, 9.17) is 9.47 Å². The van der Waals surface area contributed by atoms with Crippen LogP contribution in [0.15, 0.2) is 11.4 Å². The number of carbonyl (C=O) groups is 1. The Morgan fingerprint density at radius 2 is 2.23 bits per heavy atom. The fraction of sp³-hybridized carbons (Fsp3) is 0.444. The van der Waals surface area contributed by atoms with Crippen molar-refractivity contribution in [3.63, 3.8) is 0 Å². The van der Waals surface area contributed by atoms with E-state index in [2.05, 4.69) is 0 Å². The van der Waals surface area contributed by atoms with Crippen LogP contribution in [-0.4, -0.2) is 19.2 Å². The molecule has 0 N–H and O–H groups in total. The van der Waals surface area contributed by atoms with Gasteiger partial charge in [0, 0.05) is 0 Å². The Balaban J connectivity index is 2.76. The third-order valence-corrected chi connectivity index (χ3v) is 2.25. The summed E-state index contributed by atoms with van der Waals surface area (Å²) in [7, 11) is 1.54. The molecule has 0 amide bonds. The van der Waals surface area contributed by atoms with Crippen LogP contribution in [0.1, 0.15) is 23.5 Å². The standard InChI is InChI=1S/C9H12O3S/c1-6(2)12-9(10)8-7(11-3)4-5-13-8/h4-6H,1-3H3. The van der Waals surface area contributed by atoms with E-state index in [1.807, 2.05) is 13.8 Å². The number of carbonyl (C=O) groups excluding carboxylic acids is 1. The van der Waals surface area contributed by atoms with Crippen molar-refractivity contribution in [2.45, 2.75) is 20.0 Å². The molecule has 0 aliphatic rings. The van der Waals surface area contributed by atoms with Gasteiger partial charge in [0.25, 0.3) is 0 Å². The number of ether oxygens (including phenoxy) is 2. The smallest absolute Gasteiger partial charge is 0.352 e. The molecule has 0 bridgehead atoms. The quantitative estimate of drug-likeness (QED) is 0.702. The van der Waals surface area contributed by atoms with Gasteiger partial charge in [0.05, 0.1) is 13.2 Å². The molecular weight excluding hydrogens is 188 g/mol. The summed E-state index contributed by atoms with van der Waals surface area (Å²) in [4.78, 5) is 11.9. The number of rotatable bonds is 3. The minimum absolute atomic E-state index is 0.0979. The summed E-state index contributed by atoms with van der Waals surface area (Å²) in [5, 5.41) is 1.80. The van der Waals surface area contributed by atoms with Crippen molar-refractivity contribution < 1.29 is 14.3 Å². The lowest BCUT2D eigenvalue weighted by molar-refractivity contribution is 0.0380. The van der Waals surface area contributed by atoms with Gasteiger partial charge in [-0.3, -0.25) is 0 Å². The maximum Gasteiger partial charge on any atom is 0.352 e. The van der Waals surface area contributed by atoms with Crippen molar-refractivity contribution in [1.29, 1.82) is 0 Å². The molecule has 0 aliphatic heterocycles. The summed E-state index contributed by atoms with van der Waals surface area (Å²) >= 11 is 1.32. The largest absolute Gasteiger partial charge is 0.495 e. The van der Waals surface area contributed by atoms with Crippen molar-refractivity contribution in [3.8, 4) is 5.75 Å². The van der Waals surface area contributed by atoms with E-state index in [-0.39, 0.29) is 12.1 Å². The van der Waals surface area contributed by atoms with Crippen molar-refractivity contribution in [2.75, 3.05) is 7.11 Å². The molecule has 0 radical (unpaired) electrons. The van der Waals surface area contributed by atoms with Gasteiger partial charge in [0.1, 0.15) is 5.75 Å². The van der Waals surface area contributed by atoms with Crippen LogP contribution in [0.4, 0.5) is 0 Å². The van der Waals surface area contributed by atoms with Crippen LogP contribution in [-0.2, 0) is 4.74 Å².